The van der Waals surface area contributed by atoms with Gasteiger partial charge in [-0.25, -0.2) is 8.78 Å². The molecule has 0 spiro atoms. The molecule has 0 aromatic heterocycles. The van der Waals surface area contributed by atoms with Crippen LogP contribution >= 0.6 is 0 Å². The van der Waals surface area contributed by atoms with Gasteiger partial charge in [0, 0.05) is 13.0 Å². The Hall–Kier alpha value is -1.53. The van der Waals surface area contributed by atoms with Crippen LogP contribution in [0.2, 0.25) is 0 Å². The van der Waals surface area contributed by atoms with E-state index >= 15 is 0 Å². The van der Waals surface area contributed by atoms with Crippen molar-refractivity contribution in [2.24, 2.45) is 11.8 Å². The smallest absolute Gasteiger partial charge is 0.220 e. The first kappa shape index (κ1) is 17.8. The standard InChI is InChI=1S/C17H24F2N2O2/c1-11(12-4-3-7-20-9-12)8-16(23)21-10-15(22)17-13(18)5-2-6-14(17)19/h2,5-6,11-12,15,20,22H,3-4,7-10H2,1H3,(H,21,23). The Kier molecular flexibility index (Phi) is 6.47. The zero-order valence-corrected chi connectivity index (χ0v) is 13.3. The lowest BCUT2D eigenvalue weighted by molar-refractivity contribution is -0.122. The van der Waals surface area contributed by atoms with Gasteiger partial charge in [-0.15, -0.1) is 0 Å². The van der Waals surface area contributed by atoms with E-state index in [9.17, 15) is 18.7 Å². The van der Waals surface area contributed by atoms with E-state index < -0.39 is 23.3 Å². The average Bonchev–Trinajstić information content (AvgIpc) is 2.53. The highest BCUT2D eigenvalue weighted by molar-refractivity contribution is 5.76. The summed E-state index contributed by atoms with van der Waals surface area (Å²) in [6.45, 7) is 3.77. The first-order chi connectivity index (χ1) is 11.0. The van der Waals surface area contributed by atoms with E-state index in [-0.39, 0.29) is 18.4 Å². The lowest BCUT2D eigenvalue weighted by atomic mass is 9.85. The zero-order chi connectivity index (χ0) is 16.8. The Bertz CT molecular complexity index is 513. The lowest BCUT2D eigenvalue weighted by Crippen LogP contribution is -2.36. The minimum absolute atomic E-state index is 0.202. The first-order valence-electron chi connectivity index (χ1n) is 8.08. The molecule has 6 heteroatoms. The van der Waals surface area contributed by atoms with Gasteiger partial charge < -0.3 is 15.7 Å². The Morgan fingerprint density at radius 2 is 2.13 bits per heavy atom. The van der Waals surface area contributed by atoms with E-state index in [0.717, 1.165) is 38.1 Å². The summed E-state index contributed by atoms with van der Waals surface area (Å²) in [6, 6.07) is 3.41. The van der Waals surface area contributed by atoms with Crippen LogP contribution in [0.1, 0.15) is 37.9 Å². The molecule has 1 heterocycles. The molecule has 0 radical (unpaired) electrons. The molecule has 3 N–H and O–H groups in total. The third-order valence-electron chi connectivity index (χ3n) is 4.47. The van der Waals surface area contributed by atoms with E-state index in [0.29, 0.717) is 12.3 Å². The molecule has 1 aliphatic rings. The summed E-state index contributed by atoms with van der Waals surface area (Å²) in [7, 11) is 0. The maximum absolute atomic E-state index is 13.6. The van der Waals surface area contributed by atoms with Gasteiger partial charge in [-0.1, -0.05) is 13.0 Å². The Labute approximate surface area is 135 Å². The van der Waals surface area contributed by atoms with Crippen LogP contribution in [0.15, 0.2) is 18.2 Å². The number of carbonyl (C=O) groups is 1. The Morgan fingerprint density at radius 1 is 1.43 bits per heavy atom. The largest absolute Gasteiger partial charge is 0.386 e. The van der Waals surface area contributed by atoms with Gasteiger partial charge in [-0.05, 0) is 49.9 Å². The number of hydrogen-bond acceptors (Lipinski definition) is 3. The average molecular weight is 326 g/mol. The maximum Gasteiger partial charge on any atom is 0.220 e. The fourth-order valence-corrected chi connectivity index (χ4v) is 3.04. The van der Waals surface area contributed by atoms with Crippen molar-refractivity contribution in [3.8, 4) is 0 Å². The van der Waals surface area contributed by atoms with Crippen molar-refractivity contribution in [3.05, 3.63) is 35.4 Å². The van der Waals surface area contributed by atoms with E-state index in [1.54, 1.807) is 0 Å². The van der Waals surface area contributed by atoms with Crippen molar-refractivity contribution in [2.45, 2.75) is 32.3 Å². The number of rotatable bonds is 6. The molecule has 3 atom stereocenters. The number of carbonyl (C=O) groups excluding carboxylic acids is 1. The van der Waals surface area contributed by atoms with Crippen molar-refractivity contribution in [3.63, 3.8) is 0 Å². The third kappa shape index (κ3) is 4.97. The van der Waals surface area contributed by atoms with Gasteiger partial charge in [-0.2, -0.15) is 0 Å². The fraction of sp³-hybridized carbons (Fsp3) is 0.588. The number of piperidine rings is 1. The molecule has 128 valence electrons. The fourth-order valence-electron chi connectivity index (χ4n) is 3.04. The Morgan fingerprint density at radius 3 is 2.74 bits per heavy atom. The minimum Gasteiger partial charge on any atom is -0.386 e. The second-order valence-corrected chi connectivity index (χ2v) is 6.24. The third-order valence-corrected chi connectivity index (χ3v) is 4.47. The summed E-state index contributed by atoms with van der Waals surface area (Å²) in [4.78, 5) is 12.0. The van der Waals surface area contributed by atoms with Gasteiger partial charge in [0.15, 0.2) is 0 Å². The van der Waals surface area contributed by atoms with Gasteiger partial charge in [-0.3, -0.25) is 4.79 Å². The van der Waals surface area contributed by atoms with Gasteiger partial charge in [0.1, 0.15) is 17.7 Å². The molecule has 23 heavy (non-hydrogen) atoms. The molecule has 4 nitrogen and oxygen atoms in total. The van der Waals surface area contributed by atoms with E-state index in [4.69, 9.17) is 0 Å². The number of amides is 1. The highest BCUT2D eigenvalue weighted by Gasteiger charge is 2.23. The molecule has 1 aromatic rings. The van der Waals surface area contributed by atoms with Crippen LogP contribution in [-0.4, -0.2) is 30.6 Å². The molecule has 2 rings (SSSR count). The topological polar surface area (TPSA) is 61.4 Å². The monoisotopic (exact) mass is 326 g/mol. The predicted octanol–water partition coefficient (Wildman–Crippen LogP) is 2.14. The summed E-state index contributed by atoms with van der Waals surface area (Å²) in [6.07, 6.45) is 1.16. The zero-order valence-electron chi connectivity index (χ0n) is 13.3. The maximum atomic E-state index is 13.6. The second-order valence-electron chi connectivity index (χ2n) is 6.24. The SMILES string of the molecule is CC(CC(=O)NCC(O)c1c(F)cccc1F)C1CCCNC1. The quantitative estimate of drug-likeness (QED) is 0.751. The molecular weight excluding hydrogens is 302 g/mol. The summed E-state index contributed by atoms with van der Waals surface area (Å²) in [5.74, 6) is -1.14. The van der Waals surface area contributed by atoms with Crippen molar-refractivity contribution in [1.29, 1.82) is 0 Å². The number of hydrogen-bond donors (Lipinski definition) is 3. The van der Waals surface area contributed by atoms with Crippen LogP contribution in [0.5, 0.6) is 0 Å². The van der Waals surface area contributed by atoms with Crippen LogP contribution in [0, 0.1) is 23.5 Å². The number of aliphatic hydroxyl groups excluding tert-OH is 1. The number of benzene rings is 1. The molecule has 0 aliphatic carbocycles. The van der Waals surface area contributed by atoms with E-state index in [1.807, 2.05) is 6.92 Å². The van der Waals surface area contributed by atoms with E-state index in [2.05, 4.69) is 10.6 Å². The van der Waals surface area contributed by atoms with Crippen molar-refractivity contribution in [2.75, 3.05) is 19.6 Å². The number of aliphatic hydroxyl groups is 1. The van der Waals surface area contributed by atoms with Crippen LogP contribution in [0.3, 0.4) is 0 Å². The molecule has 1 aromatic carbocycles. The molecular formula is C17H24F2N2O2. The van der Waals surface area contributed by atoms with Gasteiger partial charge in [0.2, 0.25) is 5.91 Å². The van der Waals surface area contributed by atoms with Crippen molar-refractivity contribution < 1.29 is 18.7 Å². The number of nitrogens with one attached hydrogen (secondary N) is 2. The molecule has 3 unspecified atom stereocenters. The summed E-state index contributed by atoms with van der Waals surface area (Å²) in [5, 5.41) is 15.8. The molecule has 1 fully saturated rings. The summed E-state index contributed by atoms with van der Waals surface area (Å²) < 4.78 is 27.1. The lowest BCUT2D eigenvalue weighted by Gasteiger charge is -2.28. The molecule has 1 aliphatic heterocycles. The Balaban J connectivity index is 1.81. The first-order valence-corrected chi connectivity index (χ1v) is 8.08. The molecule has 0 saturated carbocycles. The molecule has 1 amide bonds. The second kappa shape index (κ2) is 8.36. The number of halogens is 2. The highest BCUT2D eigenvalue weighted by Crippen LogP contribution is 2.23. The van der Waals surface area contributed by atoms with Gasteiger partial charge in [0.05, 0.1) is 5.56 Å². The van der Waals surface area contributed by atoms with E-state index in [1.165, 1.54) is 6.07 Å². The minimum atomic E-state index is -1.40. The summed E-state index contributed by atoms with van der Waals surface area (Å²) in [5.41, 5.74) is -0.405. The normalized spacial score (nSPS) is 20.8. The predicted molar refractivity (Wildman–Crippen MR) is 83.7 cm³/mol. The van der Waals surface area contributed by atoms with Crippen molar-refractivity contribution in [1.82, 2.24) is 10.6 Å². The van der Waals surface area contributed by atoms with Crippen LogP contribution in [0.25, 0.3) is 0 Å². The van der Waals surface area contributed by atoms with Gasteiger partial charge >= 0.3 is 0 Å². The van der Waals surface area contributed by atoms with Crippen LogP contribution in [-0.2, 0) is 4.79 Å². The highest BCUT2D eigenvalue weighted by atomic mass is 19.1. The van der Waals surface area contributed by atoms with Crippen LogP contribution in [0.4, 0.5) is 8.78 Å². The van der Waals surface area contributed by atoms with Crippen LogP contribution < -0.4 is 10.6 Å². The molecule has 0 bridgehead atoms. The van der Waals surface area contributed by atoms with Crippen molar-refractivity contribution >= 4 is 5.91 Å². The summed E-state index contributed by atoms with van der Waals surface area (Å²) >= 11 is 0. The molecule has 1 saturated heterocycles. The van der Waals surface area contributed by atoms with Gasteiger partial charge in [0.25, 0.3) is 0 Å².